The van der Waals surface area contributed by atoms with Crippen LogP contribution in [0.4, 0.5) is 0 Å². The highest BCUT2D eigenvalue weighted by Crippen LogP contribution is 2.10. The summed E-state index contributed by atoms with van der Waals surface area (Å²) in [6, 6.07) is 1.11. The van der Waals surface area contributed by atoms with Crippen LogP contribution in [0.15, 0.2) is 0 Å². The van der Waals surface area contributed by atoms with Gasteiger partial charge in [-0.25, -0.2) is 0 Å². The average Bonchev–Trinajstić information content (AvgIpc) is 2.62. The van der Waals surface area contributed by atoms with Crippen LogP contribution >= 0.6 is 0 Å². The van der Waals surface area contributed by atoms with Crippen LogP contribution in [0.2, 0.25) is 0 Å². The van der Waals surface area contributed by atoms with Crippen molar-refractivity contribution in [3.05, 3.63) is 0 Å². The molecule has 3 N–H and O–H groups in total. The van der Waals surface area contributed by atoms with Crippen LogP contribution in [0.3, 0.4) is 0 Å². The van der Waals surface area contributed by atoms with Gasteiger partial charge in [-0.2, -0.15) is 0 Å². The van der Waals surface area contributed by atoms with E-state index in [0.717, 1.165) is 64.6 Å². The highest BCUT2D eigenvalue weighted by molar-refractivity contribution is 5.78. The van der Waals surface area contributed by atoms with Crippen molar-refractivity contribution < 1.29 is 9.59 Å². The third-order valence-corrected chi connectivity index (χ3v) is 5.21. The molecule has 1 rings (SSSR count). The Labute approximate surface area is 172 Å². The molecule has 1 fully saturated rings. The summed E-state index contributed by atoms with van der Waals surface area (Å²) in [5.41, 5.74) is 0. The minimum atomic E-state index is 0.123. The normalized spacial score (nSPS) is 15.9. The van der Waals surface area contributed by atoms with Crippen molar-refractivity contribution >= 4 is 11.8 Å². The lowest BCUT2D eigenvalue weighted by Crippen LogP contribution is -2.47. The highest BCUT2D eigenvalue weighted by atomic mass is 16.2. The fourth-order valence-corrected chi connectivity index (χ4v) is 3.63. The maximum absolute atomic E-state index is 12.1. The monoisotopic (exact) mass is 396 g/mol. The Morgan fingerprint density at radius 3 is 2.18 bits per heavy atom. The Morgan fingerprint density at radius 1 is 0.893 bits per heavy atom. The number of carbonyl (C=O) groups excluding carboxylic acids is 2. The van der Waals surface area contributed by atoms with E-state index in [1.54, 1.807) is 0 Å². The SMILES string of the molecule is CC(C)CCCNC(=O)CCCCCNC(=O)CN1CCC(NC(C)C)CC1. The number of carbonyl (C=O) groups is 2. The molecular formula is C22H44N4O2. The van der Waals surface area contributed by atoms with E-state index in [9.17, 15) is 9.59 Å². The zero-order chi connectivity index (χ0) is 20.8. The highest BCUT2D eigenvalue weighted by Gasteiger charge is 2.20. The third-order valence-electron chi connectivity index (χ3n) is 5.21. The summed E-state index contributed by atoms with van der Waals surface area (Å²) in [6.07, 6.45) is 7.85. The molecule has 0 aromatic carbocycles. The van der Waals surface area contributed by atoms with Crippen molar-refractivity contribution in [3.63, 3.8) is 0 Å². The van der Waals surface area contributed by atoms with Crippen molar-refractivity contribution in [1.82, 2.24) is 20.9 Å². The summed E-state index contributed by atoms with van der Waals surface area (Å²) in [7, 11) is 0. The topological polar surface area (TPSA) is 73.5 Å². The zero-order valence-corrected chi connectivity index (χ0v) is 18.7. The van der Waals surface area contributed by atoms with E-state index in [0.29, 0.717) is 37.5 Å². The molecule has 0 atom stereocenters. The molecule has 0 unspecified atom stereocenters. The van der Waals surface area contributed by atoms with Gasteiger partial charge in [0.1, 0.15) is 0 Å². The van der Waals surface area contributed by atoms with Crippen molar-refractivity contribution in [2.24, 2.45) is 5.92 Å². The van der Waals surface area contributed by atoms with Crippen LogP contribution in [-0.2, 0) is 9.59 Å². The van der Waals surface area contributed by atoms with Gasteiger partial charge in [-0.05, 0) is 44.4 Å². The smallest absolute Gasteiger partial charge is 0.234 e. The first-order valence-corrected chi connectivity index (χ1v) is 11.4. The average molecular weight is 397 g/mol. The number of unbranched alkanes of at least 4 members (excludes halogenated alkanes) is 2. The van der Waals surface area contributed by atoms with E-state index in [-0.39, 0.29) is 11.8 Å². The van der Waals surface area contributed by atoms with Crippen molar-refractivity contribution in [2.75, 3.05) is 32.7 Å². The van der Waals surface area contributed by atoms with Crippen molar-refractivity contribution in [2.45, 2.75) is 91.1 Å². The molecule has 0 aromatic rings. The number of likely N-dealkylation sites (tertiary alicyclic amines) is 1. The molecule has 6 heteroatoms. The van der Waals surface area contributed by atoms with Gasteiger partial charge in [0, 0.05) is 44.7 Å². The van der Waals surface area contributed by atoms with Crippen molar-refractivity contribution in [3.8, 4) is 0 Å². The zero-order valence-electron chi connectivity index (χ0n) is 18.7. The van der Waals surface area contributed by atoms with Crippen LogP contribution in [0.25, 0.3) is 0 Å². The lowest BCUT2D eigenvalue weighted by atomic mass is 10.0. The first kappa shape index (κ1) is 24.9. The molecule has 0 aliphatic carbocycles. The fraction of sp³-hybridized carbons (Fsp3) is 0.909. The first-order chi connectivity index (χ1) is 13.4. The molecule has 1 heterocycles. The summed E-state index contributed by atoms with van der Waals surface area (Å²) in [6.45, 7) is 12.8. The third kappa shape index (κ3) is 13.1. The molecule has 1 aliphatic rings. The molecule has 164 valence electrons. The summed E-state index contributed by atoms with van der Waals surface area (Å²) < 4.78 is 0. The Kier molecular flexibility index (Phi) is 13.2. The summed E-state index contributed by atoms with van der Waals surface area (Å²) >= 11 is 0. The number of amides is 2. The number of piperidine rings is 1. The minimum Gasteiger partial charge on any atom is -0.356 e. The predicted molar refractivity (Wildman–Crippen MR) is 116 cm³/mol. The standard InChI is InChI=1S/C22H44N4O2/c1-18(2)9-8-14-23-21(27)10-6-5-7-13-24-22(28)17-26-15-11-20(12-16-26)25-19(3)4/h18-20,25H,5-17H2,1-4H3,(H,23,27)(H,24,28). The van der Waals surface area contributed by atoms with E-state index in [4.69, 9.17) is 0 Å². The molecule has 1 saturated heterocycles. The number of hydrogen-bond donors (Lipinski definition) is 3. The Balaban J connectivity index is 1.95. The van der Waals surface area contributed by atoms with Gasteiger partial charge in [0.15, 0.2) is 0 Å². The maximum atomic E-state index is 12.1. The maximum Gasteiger partial charge on any atom is 0.234 e. The van der Waals surface area contributed by atoms with Gasteiger partial charge in [-0.1, -0.05) is 34.1 Å². The molecule has 0 spiro atoms. The van der Waals surface area contributed by atoms with Crippen molar-refractivity contribution in [1.29, 1.82) is 0 Å². The lowest BCUT2D eigenvalue weighted by Gasteiger charge is -2.32. The van der Waals surface area contributed by atoms with Crippen LogP contribution in [-0.4, -0.2) is 61.5 Å². The van der Waals surface area contributed by atoms with Crippen LogP contribution < -0.4 is 16.0 Å². The van der Waals surface area contributed by atoms with Gasteiger partial charge in [0.2, 0.25) is 11.8 Å². The molecule has 0 saturated carbocycles. The molecular weight excluding hydrogens is 352 g/mol. The number of hydrogen-bond acceptors (Lipinski definition) is 4. The quantitative estimate of drug-likeness (QED) is 0.395. The van der Waals surface area contributed by atoms with E-state index >= 15 is 0 Å². The fourth-order valence-electron chi connectivity index (χ4n) is 3.63. The predicted octanol–water partition coefficient (Wildman–Crippen LogP) is 2.68. The number of rotatable bonds is 14. The van der Waals surface area contributed by atoms with Crippen LogP contribution in [0.1, 0.15) is 79.1 Å². The Hall–Kier alpha value is -1.14. The van der Waals surface area contributed by atoms with Gasteiger partial charge >= 0.3 is 0 Å². The van der Waals surface area contributed by atoms with Crippen LogP contribution in [0.5, 0.6) is 0 Å². The van der Waals surface area contributed by atoms with E-state index in [1.165, 1.54) is 0 Å². The molecule has 2 amide bonds. The largest absolute Gasteiger partial charge is 0.356 e. The van der Waals surface area contributed by atoms with Crippen LogP contribution in [0, 0.1) is 5.92 Å². The Morgan fingerprint density at radius 2 is 1.54 bits per heavy atom. The molecule has 0 radical (unpaired) electrons. The second kappa shape index (κ2) is 14.8. The number of nitrogens with zero attached hydrogens (tertiary/aromatic N) is 1. The lowest BCUT2D eigenvalue weighted by molar-refractivity contribution is -0.123. The number of nitrogens with one attached hydrogen (secondary N) is 3. The second-order valence-corrected chi connectivity index (χ2v) is 8.92. The molecule has 1 aliphatic heterocycles. The summed E-state index contributed by atoms with van der Waals surface area (Å²) in [5.74, 6) is 0.974. The van der Waals surface area contributed by atoms with Gasteiger partial charge in [0.25, 0.3) is 0 Å². The molecule has 28 heavy (non-hydrogen) atoms. The van der Waals surface area contributed by atoms with Gasteiger partial charge < -0.3 is 16.0 Å². The van der Waals surface area contributed by atoms with E-state index in [1.807, 2.05) is 0 Å². The van der Waals surface area contributed by atoms with E-state index < -0.39 is 0 Å². The minimum absolute atomic E-state index is 0.123. The second-order valence-electron chi connectivity index (χ2n) is 8.92. The summed E-state index contributed by atoms with van der Waals surface area (Å²) in [5, 5.41) is 9.58. The first-order valence-electron chi connectivity index (χ1n) is 11.4. The van der Waals surface area contributed by atoms with Gasteiger partial charge in [-0.3, -0.25) is 14.5 Å². The van der Waals surface area contributed by atoms with Gasteiger partial charge in [0.05, 0.1) is 6.54 Å². The van der Waals surface area contributed by atoms with Gasteiger partial charge in [-0.15, -0.1) is 0 Å². The molecule has 0 aromatic heterocycles. The molecule has 6 nitrogen and oxygen atoms in total. The van der Waals surface area contributed by atoms with E-state index in [2.05, 4.69) is 48.5 Å². The Bertz CT molecular complexity index is 432. The molecule has 0 bridgehead atoms. The summed E-state index contributed by atoms with van der Waals surface area (Å²) in [4.78, 5) is 26.1.